The zero-order valence-electron chi connectivity index (χ0n) is 6.62. The van der Waals surface area contributed by atoms with Gasteiger partial charge in [-0.25, -0.2) is 4.79 Å². The molecule has 0 aromatic heterocycles. The topological polar surface area (TPSA) is 69.6 Å². The number of amides is 1. The van der Waals surface area contributed by atoms with E-state index in [1.807, 2.05) is 0 Å². The molecule has 0 saturated heterocycles. The van der Waals surface area contributed by atoms with Crippen LogP contribution >= 0.6 is 15.9 Å². The summed E-state index contributed by atoms with van der Waals surface area (Å²) in [5.74, 6) is 0. The van der Waals surface area contributed by atoms with Crippen molar-refractivity contribution >= 4 is 27.7 Å². The number of halogens is 1. The van der Waals surface area contributed by atoms with Crippen LogP contribution in [0.15, 0.2) is 22.7 Å². The fourth-order valence-electron chi connectivity index (χ4n) is 0.937. The Balaban J connectivity index is 2.94. The number of aliphatic hydroxyl groups excluding tert-OH is 1. The fraction of sp³-hybridized carbons (Fsp3) is 0.125. The van der Waals surface area contributed by atoms with E-state index in [2.05, 4.69) is 21.2 Å². The van der Waals surface area contributed by atoms with Crippen LogP contribution in [0.2, 0.25) is 0 Å². The molecule has 1 aromatic carbocycles. The molecule has 0 aliphatic heterocycles. The number of aliphatic hydroxyl groups is 1. The highest BCUT2D eigenvalue weighted by Crippen LogP contribution is 2.19. The first kappa shape index (κ1) is 10.0. The van der Waals surface area contributed by atoms with Crippen molar-refractivity contribution in [3.63, 3.8) is 0 Å². The summed E-state index contributed by atoms with van der Waals surface area (Å²) in [5.41, 5.74) is 1.09. The van der Waals surface area contributed by atoms with Crippen LogP contribution in [-0.4, -0.2) is 16.3 Å². The Labute approximate surface area is 83.3 Å². The Morgan fingerprint density at radius 2 is 2.15 bits per heavy atom. The predicted molar refractivity (Wildman–Crippen MR) is 51.7 cm³/mol. The number of nitrogens with one attached hydrogen (secondary N) is 1. The van der Waals surface area contributed by atoms with E-state index in [4.69, 9.17) is 10.2 Å². The summed E-state index contributed by atoms with van der Waals surface area (Å²) in [6.45, 7) is -0.117. The van der Waals surface area contributed by atoms with Crippen molar-refractivity contribution in [3.05, 3.63) is 28.2 Å². The second-order valence-corrected chi connectivity index (χ2v) is 3.35. The number of hydrogen-bond acceptors (Lipinski definition) is 2. The quantitative estimate of drug-likeness (QED) is 0.747. The molecule has 0 saturated carbocycles. The monoisotopic (exact) mass is 245 g/mol. The van der Waals surface area contributed by atoms with Gasteiger partial charge in [-0.1, -0.05) is 15.9 Å². The summed E-state index contributed by atoms with van der Waals surface area (Å²) in [6.07, 6.45) is -1.12. The maximum absolute atomic E-state index is 10.3. The van der Waals surface area contributed by atoms with Crippen molar-refractivity contribution in [2.24, 2.45) is 0 Å². The van der Waals surface area contributed by atoms with Crippen molar-refractivity contribution in [3.8, 4) is 0 Å². The molecule has 1 rings (SSSR count). The highest BCUT2D eigenvalue weighted by atomic mass is 79.9. The van der Waals surface area contributed by atoms with Crippen molar-refractivity contribution in [2.45, 2.75) is 6.61 Å². The minimum atomic E-state index is -1.12. The number of carboxylic acid groups (broad SMARTS) is 1. The number of rotatable bonds is 2. The predicted octanol–water partition coefficient (Wildman–Crippen LogP) is 2.03. The lowest BCUT2D eigenvalue weighted by atomic mass is 10.2. The van der Waals surface area contributed by atoms with Gasteiger partial charge in [0.1, 0.15) is 0 Å². The number of carbonyl (C=O) groups is 1. The Hall–Kier alpha value is -1.07. The van der Waals surface area contributed by atoms with Crippen LogP contribution in [-0.2, 0) is 6.61 Å². The highest BCUT2D eigenvalue weighted by Gasteiger charge is 2.01. The second kappa shape index (κ2) is 4.25. The Bertz CT molecular complexity index is 327. The molecule has 0 aliphatic rings. The molecule has 1 aromatic rings. The van der Waals surface area contributed by atoms with Gasteiger partial charge in [0.2, 0.25) is 0 Å². The van der Waals surface area contributed by atoms with Gasteiger partial charge in [0.15, 0.2) is 0 Å². The maximum Gasteiger partial charge on any atom is 0.409 e. The van der Waals surface area contributed by atoms with Crippen molar-refractivity contribution in [1.29, 1.82) is 0 Å². The molecular weight excluding hydrogens is 238 g/mol. The largest absolute Gasteiger partial charge is 0.465 e. The van der Waals surface area contributed by atoms with Crippen LogP contribution in [0, 0.1) is 0 Å². The van der Waals surface area contributed by atoms with Gasteiger partial charge in [-0.3, -0.25) is 5.32 Å². The van der Waals surface area contributed by atoms with Crippen LogP contribution < -0.4 is 5.32 Å². The average molecular weight is 246 g/mol. The summed E-state index contributed by atoms with van der Waals surface area (Å²) in [4.78, 5) is 10.3. The zero-order chi connectivity index (χ0) is 9.84. The first-order valence-electron chi connectivity index (χ1n) is 3.52. The zero-order valence-corrected chi connectivity index (χ0v) is 8.21. The summed E-state index contributed by atoms with van der Waals surface area (Å²) >= 11 is 3.20. The Morgan fingerprint density at radius 3 is 2.69 bits per heavy atom. The van der Waals surface area contributed by atoms with E-state index in [1.165, 1.54) is 0 Å². The molecule has 0 heterocycles. The summed E-state index contributed by atoms with van der Waals surface area (Å²) in [5, 5.41) is 19.5. The minimum absolute atomic E-state index is 0.117. The van der Waals surface area contributed by atoms with Crippen molar-refractivity contribution < 1.29 is 15.0 Å². The van der Waals surface area contributed by atoms with Crippen LogP contribution in [0.25, 0.3) is 0 Å². The van der Waals surface area contributed by atoms with Crippen molar-refractivity contribution in [2.75, 3.05) is 5.32 Å². The molecule has 70 valence electrons. The lowest BCUT2D eigenvalue weighted by molar-refractivity contribution is 0.209. The number of benzene rings is 1. The van der Waals surface area contributed by atoms with Gasteiger partial charge in [-0.2, -0.15) is 0 Å². The van der Waals surface area contributed by atoms with E-state index >= 15 is 0 Å². The van der Waals surface area contributed by atoms with Gasteiger partial charge in [0.05, 0.1) is 6.61 Å². The third-order valence-electron chi connectivity index (χ3n) is 1.39. The molecule has 13 heavy (non-hydrogen) atoms. The van der Waals surface area contributed by atoms with Gasteiger partial charge < -0.3 is 10.2 Å². The molecule has 0 bridgehead atoms. The third kappa shape index (κ3) is 3.04. The highest BCUT2D eigenvalue weighted by molar-refractivity contribution is 9.10. The maximum atomic E-state index is 10.3. The van der Waals surface area contributed by atoms with E-state index in [0.717, 1.165) is 4.47 Å². The smallest absolute Gasteiger partial charge is 0.409 e. The Morgan fingerprint density at radius 1 is 1.46 bits per heavy atom. The molecule has 0 unspecified atom stereocenters. The molecule has 0 spiro atoms. The molecule has 0 fully saturated rings. The summed E-state index contributed by atoms with van der Waals surface area (Å²) in [7, 11) is 0. The van der Waals surface area contributed by atoms with Crippen LogP contribution in [0.1, 0.15) is 5.56 Å². The molecule has 0 radical (unpaired) electrons. The Kier molecular flexibility index (Phi) is 3.27. The normalized spacial score (nSPS) is 9.69. The third-order valence-corrected chi connectivity index (χ3v) is 1.85. The van der Waals surface area contributed by atoms with Gasteiger partial charge in [-0.15, -0.1) is 0 Å². The first-order valence-corrected chi connectivity index (χ1v) is 4.31. The van der Waals surface area contributed by atoms with Crippen LogP contribution in [0.3, 0.4) is 0 Å². The van der Waals surface area contributed by atoms with Gasteiger partial charge in [0, 0.05) is 10.2 Å². The van der Waals surface area contributed by atoms with Gasteiger partial charge in [0.25, 0.3) is 0 Å². The molecule has 1 amide bonds. The van der Waals surface area contributed by atoms with E-state index in [9.17, 15) is 4.79 Å². The van der Waals surface area contributed by atoms with Crippen LogP contribution in [0.5, 0.6) is 0 Å². The number of anilines is 1. The first-order chi connectivity index (χ1) is 6.11. The second-order valence-electron chi connectivity index (χ2n) is 2.44. The van der Waals surface area contributed by atoms with E-state index in [-0.39, 0.29) is 6.61 Å². The molecule has 3 N–H and O–H groups in total. The van der Waals surface area contributed by atoms with Gasteiger partial charge in [-0.05, 0) is 23.8 Å². The lowest BCUT2D eigenvalue weighted by Crippen LogP contribution is -2.07. The summed E-state index contributed by atoms with van der Waals surface area (Å²) in [6, 6.07) is 4.90. The molecular formula is C8H8BrNO3. The van der Waals surface area contributed by atoms with Crippen molar-refractivity contribution in [1.82, 2.24) is 0 Å². The lowest BCUT2D eigenvalue weighted by Gasteiger charge is -2.03. The minimum Gasteiger partial charge on any atom is -0.465 e. The summed E-state index contributed by atoms with van der Waals surface area (Å²) < 4.78 is 0.725. The molecule has 0 atom stereocenters. The van der Waals surface area contributed by atoms with Gasteiger partial charge >= 0.3 is 6.09 Å². The molecule has 0 aliphatic carbocycles. The fourth-order valence-corrected chi connectivity index (χ4v) is 1.48. The number of hydrogen-bond donors (Lipinski definition) is 3. The standard InChI is InChI=1S/C8H8BrNO3/c9-6-1-5(4-11)2-7(3-6)10-8(12)13/h1-3,10-11H,4H2,(H,12,13). The van der Waals surface area contributed by atoms with Crippen LogP contribution in [0.4, 0.5) is 10.5 Å². The molecule has 4 nitrogen and oxygen atoms in total. The van der Waals surface area contributed by atoms with E-state index in [0.29, 0.717) is 11.3 Å². The van der Waals surface area contributed by atoms with E-state index in [1.54, 1.807) is 18.2 Å². The molecule has 5 heteroatoms. The van der Waals surface area contributed by atoms with E-state index < -0.39 is 6.09 Å². The SMILES string of the molecule is O=C(O)Nc1cc(Br)cc(CO)c1. The average Bonchev–Trinajstić information content (AvgIpc) is 2.01.